The van der Waals surface area contributed by atoms with Crippen molar-refractivity contribution in [3.8, 4) is 33.6 Å². The van der Waals surface area contributed by atoms with Gasteiger partial charge in [-0.05, 0) is 112 Å². The molecule has 3 heterocycles. The zero-order valence-electron chi connectivity index (χ0n) is 36.9. The van der Waals surface area contributed by atoms with Crippen LogP contribution in [-0.2, 0) is 0 Å². The molecule has 4 nitrogen and oxygen atoms in total. The number of nitrogens with zero attached hydrogens (tertiary/aromatic N) is 3. The Morgan fingerprint density at radius 2 is 0.853 bits per heavy atom. The van der Waals surface area contributed by atoms with Gasteiger partial charge in [-0.2, -0.15) is 0 Å². The molecule has 4 heteroatoms. The first-order chi connectivity index (χ1) is 33.7. The van der Waals surface area contributed by atoms with E-state index in [1.807, 2.05) is 0 Å². The van der Waals surface area contributed by atoms with Gasteiger partial charge in [0.05, 0.1) is 39.1 Å². The monoisotopic (exact) mass is 867 g/mol. The highest BCUT2D eigenvalue weighted by Crippen LogP contribution is 2.48. The summed E-state index contributed by atoms with van der Waals surface area (Å²) in [7, 11) is 0. The first kappa shape index (κ1) is 38.2. The van der Waals surface area contributed by atoms with Gasteiger partial charge in [0, 0.05) is 49.3 Å². The normalized spacial score (nSPS) is 11.8. The van der Waals surface area contributed by atoms with Crippen LogP contribution in [0.15, 0.2) is 253 Å². The standard InChI is InChI=1S/C64H41N3O/c1-2-18-45-41-63-54(40-44(45)17-1)64-53(26-16-34-62(64)68-63)52-25-7-10-29-57(52)65(60-32-13-14-33-61(60)67-58-30-11-5-23-50(58)51-24-6-12-31-59(51)67)46-37-35-42(36-38-46)43-19-15-20-47(39-43)66-55-27-8-3-21-48(55)49-22-4-9-28-56(49)66/h1-41H. The van der Waals surface area contributed by atoms with Gasteiger partial charge in [0.2, 0.25) is 0 Å². The fourth-order valence-corrected chi connectivity index (χ4v) is 10.9. The first-order valence-electron chi connectivity index (χ1n) is 23.3. The van der Waals surface area contributed by atoms with E-state index in [-0.39, 0.29) is 0 Å². The van der Waals surface area contributed by atoms with Crippen molar-refractivity contribution in [2.24, 2.45) is 0 Å². The number of benzene rings is 11. The minimum atomic E-state index is 0.868. The highest BCUT2D eigenvalue weighted by atomic mass is 16.3. The van der Waals surface area contributed by atoms with Crippen molar-refractivity contribution in [2.45, 2.75) is 0 Å². The molecule has 3 aromatic heterocycles. The number of furan rings is 1. The van der Waals surface area contributed by atoms with Crippen LogP contribution in [0.1, 0.15) is 0 Å². The first-order valence-corrected chi connectivity index (χ1v) is 23.3. The van der Waals surface area contributed by atoms with Gasteiger partial charge >= 0.3 is 0 Å². The molecule has 0 bridgehead atoms. The summed E-state index contributed by atoms with van der Waals surface area (Å²) in [5, 5.41) is 9.52. The van der Waals surface area contributed by atoms with E-state index >= 15 is 0 Å². The maximum Gasteiger partial charge on any atom is 0.136 e. The zero-order valence-corrected chi connectivity index (χ0v) is 36.9. The van der Waals surface area contributed by atoms with Crippen molar-refractivity contribution in [3.05, 3.63) is 249 Å². The molecular formula is C64H41N3O. The maximum atomic E-state index is 6.65. The largest absolute Gasteiger partial charge is 0.456 e. The molecule has 0 unspecified atom stereocenters. The number of hydrogen-bond acceptors (Lipinski definition) is 2. The van der Waals surface area contributed by atoms with E-state index in [0.717, 1.165) is 89.0 Å². The van der Waals surface area contributed by atoms with E-state index in [1.54, 1.807) is 0 Å². The molecule has 0 fully saturated rings. The van der Waals surface area contributed by atoms with Crippen LogP contribution in [0.3, 0.4) is 0 Å². The molecule has 14 aromatic rings. The number of rotatable bonds is 7. The van der Waals surface area contributed by atoms with Gasteiger partial charge in [0.25, 0.3) is 0 Å². The Hall–Kier alpha value is -9.12. The van der Waals surface area contributed by atoms with Crippen molar-refractivity contribution in [1.82, 2.24) is 9.13 Å². The van der Waals surface area contributed by atoms with Gasteiger partial charge in [-0.15, -0.1) is 0 Å². The third-order valence-corrected chi connectivity index (χ3v) is 13.9. The number of anilines is 3. The smallest absolute Gasteiger partial charge is 0.136 e. The highest BCUT2D eigenvalue weighted by molar-refractivity contribution is 6.17. The van der Waals surface area contributed by atoms with Crippen LogP contribution in [0.5, 0.6) is 0 Å². The van der Waals surface area contributed by atoms with Crippen LogP contribution in [0, 0.1) is 0 Å². The number of hydrogen-bond donors (Lipinski definition) is 0. The molecule has 14 rings (SSSR count). The predicted octanol–water partition coefficient (Wildman–Crippen LogP) is 17.7. The Morgan fingerprint density at radius 3 is 1.53 bits per heavy atom. The average Bonchev–Trinajstić information content (AvgIpc) is 4.06. The van der Waals surface area contributed by atoms with Crippen LogP contribution in [-0.4, -0.2) is 9.13 Å². The summed E-state index contributed by atoms with van der Waals surface area (Å²) in [5.41, 5.74) is 16.4. The van der Waals surface area contributed by atoms with E-state index in [2.05, 4.69) is 263 Å². The molecule has 11 aromatic carbocycles. The highest BCUT2D eigenvalue weighted by Gasteiger charge is 2.24. The quantitative estimate of drug-likeness (QED) is 0.160. The summed E-state index contributed by atoms with van der Waals surface area (Å²) in [6.07, 6.45) is 0. The lowest BCUT2D eigenvalue weighted by Crippen LogP contribution is -2.14. The Labute approximate surface area is 392 Å². The lowest BCUT2D eigenvalue weighted by Gasteiger charge is -2.30. The molecule has 0 saturated heterocycles. The lowest BCUT2D eigenvalue weighted by molar-refractivity contribution is 0.669. The third-order valence-electron chi connectivity index (χ3n) is 13.9. The van der Waals surface area contributed by atoms with Crippen LogP contribution in [0.2, 0.25) is 0 Å². The number of para-hydroxylation sites is 7. The van der Waals surface area contributed by atoms with E-state index in [0.29, 0.717) is 0 Å². The molecule has 0 atom stereocenters. The molecule has 0 N–H and O–H groups in total. The van der Waals surface area contributed by atoms with Crippen molar-refractivity contribution >= 4 is 93.4 Å². The van der Waals surface area contributed by atoms with Crippen molar-refractivity contribution in [2.75, 3.05) is 4.90 Å². The molecule has 318 valence electrons. The minimum Gasteiger partial charge on any atom is -0.456 e. The van der Waals surface area contributed by atoms with Gasteiger partial charge < -0.3 is 18.5 Å². The molecule has 0 aliphatic rings. The predicted molar refractivity (Wildman–Crippen MR) is 285 cm³/mol. The minimum absolute atomic E-state index is 0.868. The third kappa shape index (κ3) is 5.87. The Bertz CT molecular complexity index is 4180. The molecular weight excluding hydrogens is 827 g/mol. The Balaban J connectivity index is 0.975. The second-order valence-corrected chi connectivity index (χ2v) is 17.7. The van der Waals surface area contributed by atoms with Crippen molar-refractivity contribution in [3.63, 3.8) is 0 Å². The number of aromatic nitrogens is 2. The average molecular weight is 868 g/mol. The summed E-state index contributed by atoms with van der Waals surface area (Å²) in [5.74, 6) is 0. The van der Waals surface area contributed by atoms with Crippen molar-refractivity contribution < 1.29 is 4.42 Å². The summed E-state index contributed by atoms with van der Waals surface area (Å²) < 4.78 is 11.5. The van der Waals surface area contributed by atoms with E-state index in [9.17, 15) is 0 Å². The van der Waals surface area contributed by atoms with Crippen molar-refractivity contribution in [1.29, 1.82) is 0 Å². The van der Waals surface area contributed by atoms with Gasteiger partial charge in [-0.3, -0.25) is 0 Å². The SMILES string of the molecule is c1cc(-c2ccc(N(c3ccccc3-c3cccc4oc5cc6ccccc6cc5c34)c3ccccc3-n3c4ccccc4c4ccccc43)cc2)cc(-n2c3ccccc3c3ccccc32)c1. The lowest BCUT2D eigenvalue weighted by atomic mass is 9.96. The molecule has 0 radical (unpaired) electrons. The number of fused-ring (bicyclic) bond motifs is 10. The Morgan fingerprint density at radius 1 is 0.324 bits per heavy atom. The summed E-state index contributed by atoms with van der Waals surface area (Å²) >= 11 is 0. The fraction of sp³-hybridized carbons (Fsp3) is 0. The Kier molecular flexibility index (Phi) is 8.55. The van der Waals surface area contributed by atoms with E-state index in [4.69, 9.17) is 4.42 Å². The fourth-order valence-electron chi connectivity index (χ4n) is 10.9. The van der Waals surface area contributed by atoms with Gasteiger partial charge in [0.15, 0.2) is 0 Å². The molecule has 0 aliphatic carbocycles. The second kappa shape index (κ2) is 15.2. The molecule has 68 heavy (non-hydrogen) atoms. The van der Waals surface area contributed by atoms with Gasteiger partial charge in [0.1, 0.15) is 11.2 Å². The zero-order chi connectivity index (χ0) is 44.7. The summed E-state index contributed by atoms with van der Waals surface area (Å²) in [6.45, 7) is 0. The van der Waals surface area contributed by atoms with E-state index < -0.39 is 0 Å². The van der Waals surface area contributed by atoms with Gasteiger partial charge in [-0.25, -0.2) is 0 Å². The molecule has 0 saturated carbocycles. The van der Waals surface area contributed by atoms with Crippen LogP contribution in [0.25, 0.3) is 110 Å². The topological polar surface area (TPSA) is 26.2 Å². The van der Waals surface area contributed by atoms with Crippen LogP contribution in [0.4, 0.5) is 17.1 Å². The van der Waals surface area contributed by atoms with Crippen LogP contribution >= 0.6 is 0 Å². The molecule has 0 spiro atoms. The molecule has 0 amide bonds. The second-order valence-electron chi connectivity index (χ2n) is 17.7. The summed E-state index contributed by atoms with van der Waals surface area (Å²) in [6, 6.07) is 90.0. The molecule has 0 aliphatic heterocycles. The summed E-state index contributed by atoms with van der Waals surface area (Å²) in [4.78, 5) is 2.45. The maximum absolute atomic E-state index is 6.65. The van der Waals surface area contributed by atoms with E-state index in [1.165, 1.54) is 38.0 Å². The van der Waals surface area contributed by atoms with Gasteiger partial charge in [-0.1, -0.05) is 164 Å². The van der Waals surface area contributed by atoms with Crippen LogP contribution < -0.4 is 4.90 Å².